The fourth-order valence-electron chi connectivity index (χ4n) is 2.82. The standard InChI is InChI=1S/C18H18N4O2S/c23-16(22-6-8-24-9-7-22)11-19-17-14-10-15(13-4-2-1-3-5-13)25-18(14)21-12-20-17/h1-5,10,12H,6-9,11H2,(H,19,20,21). The van der Waals surface area contributed by atoms with Crippen molar-refractivity contribution in [3.8, 4) is 10.4 Å². The summed E-state index contributed by atoms with van der Waals surface area (Å²) in [6.45, 7) is 2.73. The number of anilines is 1. The molecule has 0 radical (unpaired) electrons. The Balaban J connectivity index is 1.53. The number of hydrogen-bond donors (Lipinski definition) is 1. The molecular formula is C18H18N4O2S. The van der Waals surface area contributed by atoms with E-state index in [0.29, 0.717) is 32.1 Å². The molecule has 1 aliphatic heterocycles. The van der Waals surface area contributed by atoms with Gasteiger partial charge in [-0.2, -0.15) is 0 Å². The van der Waals surface area contributed by atoms with E-state index >= 15 is 0 Å². The second-order valence-corrected chi connectivity index (χ2v) is 6.80. The van der Waals surface area contributed by atoms with E-state index in [1.807, 2.05) is 23.1 Å². The highest BCUT2D eigenvalue weighted by atomic mass is 32.1. The van der Waals surface area contributed by atoms with E-state index in [4.69, 9.17) is 4.74 Å². The van der Waals surface area contributed by atoms with Gasteiger partial charge in [0.1, 0.15) is 17.0 Å². The van der Waals surface area contributed by atoms with Gasteiger partial charge in [0.25, 0.3) is 0 Å². The van der Waals surface area contributed by atoms with E-state index in [1.54, 1.807) is 11.3 Å². The number of carbonyl (C=O) groups excluding carboxylic acids is 1. The van der Waals surface area contributed by atoms with Gasteiger partial charge in [-0.3, -0.25) is 4.79 Å². The molecule has 4 rings (SSSR count). The first-order valence-corrected chi connectivity index (χ1v) is 9.02. The van der Waals surface area contributed by atoms with E-state index in [1.165, 1.54) is 6.33 Å². The van der Waals surface area contributed by atoms with Gasteiger partial charge in [0.2, 0.25) is 5.91 Å². The molecule has 0 unspecified atom stereocenters. The largest absolute Gasteiger partial charge is 0.378 e. The lowest BCUT2D eigenvalue weighted by atomic mass is 10.2. The van der Waals surface area contributed by atoms with E-state index in [9.17, 15) is 4.79 Å². The molecule has 0 bridgehead atoms. The third kappa shape index (κ3) is 3.47. The van der Waals surface area contributed by atoms with Crippen LogP contribution in [0.2, 0.25) is 0 Å². The van der Waals surface area contributed by atoms with E-state index < -0.39 is 0 Å². The maximum Gasteiger partial charge on any atom is 0.242 e. The number of rotatable bonds is 4. The quantitative estimate of drug-likeness (QED) is 0.780. The first kappa shape index (κ1) is 16.0. The number of morpholine rings is 1. The van der Waals surface area contributed by atoms with Crippen LogP contribution in [0.25, 0.3) is 20.7 Å². The highest BCUT2D eigenvalue weighted by Crippen LogP contribution is 2.34. The number of hydrogen-bond acceptors (Lipinski definition) is 6. The maximum atomic E-state index is 12.3. The van der Waals surface area contributed by atoms with Crippen LogP contribution in [0, 0.1) is 0 Å². The zero-order valence-electron chi connectivity index (χ0n) is 13.6. The summed E-state index contributed by atoms with van der Waals surface area (Å²) < 4.78 is 5.28. The summed E-state index contributed by atoms with van der Waals surface area (Å²) >= 11 is 1.62. The van der Waals surface area contributed by atoms with Gasteiger partial charge in [0.05, 0.1) is 25.1 Å². The van der Waals surface area contributed by atoms with Crippen molar-refractivity contribution in [2.45, 2.75) is 0 Å². The summed E-state index contributed by atoms with van der Waals surface area (Å²) in [6.07, 6.45) is 1.54. The molecule has 6 nitrogen and oxygen atoms in total. The van der Waals surface area contributed by atoms with Gasteiger partial charge in [0.15, 0.2) is 0 Å². The zero-order valence-corrected chi connectivity index (χ0v) is 14.5. The predicted octanol–water partition coefficient (Wildman–Crippen LogP) is 2.63. The van der Waals surface area contributed by atoms with Crippen molar-refractivity contribution in [3.05, 3.63) is 42.7 Å². The normalized spacial score (nSPS) is 14.6. The van der Waals surface area contributed by atoms with Gasteiger partial charge in [-0.25, -0.2) is 9.97 Å². The molecule has 1 saturated heterocycles. The summed E-state index contributed by atoms with van der Waals surface area (Å²) in [5, 5.41) is 4.12. The van der Waals surface area contributed by atoms with Crippen molar-refractivity contribution >= 4 is 33.3 Å². The fourth-order valence-corrected chi connectivity index (χ4v) is 3.83. The van der Waals surface area contributed by atoms with Gasteiger partial charge < -0.3 is 15.0 Å². The second kappa shape index (κ2) is 7.16. The smallest absolute Gasteiger partial charge is 0.242 e. The van der Waals surface area contributed by atoms with Crippen LogP contribution in [0.3, 0.4) is 0 Å². The number of ether oxygens (including phenoxy) is 1. The number of benzene rings is 1. The topological polar surface area (TPSA) is 67.4 Å². The minimum absolute atomic E-state index is 0.0635. The molecule has 0 saturated carbocycles. The van der Waals surface area contributed by atoms with Crippen LogP contribution in [0.4, 0.5) is 5.82 Å². The Morgan fingerprint density at radius 2 is 2.00 bits per heavy atom. The lowest BCUT2D eigenvalue weighted by Crippen LogP contribution is -2.43. The molecule has 0 atom stereocenters. The number of nitrogens with zero attached hydrogens (tertiary/aromatic N) is 3. The summed E-state index contributed by atoms with van der Waals surface area (Å²) in [4.78, 5) is 24.8. The van der Waals surface area contributed by atoms with Crippen LogP contribution >= 0.6 is 11.3 Å². The van der Waals surface area contributed by atoms with Crippen molar-refractivity contribution in [1.29, 1.82) is 0 Å². The van der Waals surface area contributed by atoms with Crippen molar-refractivity contribution < 1.29 is 9.53 Å². The fraction of sp³-hybridized carbons (Fsp3) is 0.278. The molecule has 7 heteroatoms. The molecule has 3 aromatic rings. The average Bonchev–Trinajstić information content (AvgIpc) is 3.12. The van der Waals surface area contributed by atoms with Crippen molar-refractivity contribution in [2.24, 2.45) is 0 Å². The zero-order chi connectivity index (χ0) is 17.1. The van der Waals surface area contributed by atoms with Crippen LogP contribution in [0.5, 0.6) is 0 Å². The molecule has 1 fully saturated rings. The SMILES string of the molecule is O=C(CNc1ncnc2sc(-c3ccccc3)cc12)N1CCOCC1. The lowest BCUT2D eigenvalue weighted by molar-refractivity contribution is -0.133. The average molecular weight is 354 g/mol. The number of nitrogens with one attached hydrogen (secondary N) is 1. The van der Waals surface area contributed by atoms with Gasteiger partial charge in [-0.05, 0) is 11.6 Å². The first-order valence-electron chi connectivity index (χ1n) is 8.20. The van der Waals surface area contributed by atoms with E-state index in [0.717, 1.165) is 20.7 Å². The Morgan fingerprint density at radius 3 is 2.80 bits per heavy atom. The minimum atomic E-state index is 0.0635. The lowest BCUT2D eigenvalue weighted by Gasteiger charge is -2.26. The molecule has 128 valence electrons. The molecule has 25 heavy (non-hydrogen) atoms. The van der Waals surface area contributed by atoms with Gasteiger partial charge in [-0.1, -0.05) is 30.3 Å². The van der Waals surface area contributed by atoms with E-state index in [2.05, 4.69) is 33.5 Å². The van der Waals surface area contributed by atoms with Gasteiger partial charge >= 0.3 is 0 Å². The molecule has 0 spiro atoms. The van der Waals surface area contributed by atoms with Crippen LogP contribution < -0.4 is 5.32 Å². The number of fused-ring (bicyclic) bond motifs is 1. The Labute approximate surface area is 149 Å². The highest BCUT2D eigenvalue weighted by molar-refractivity contribution is 7.21. The minimum Gasteiger partial charge on any atom is -0.378 e. The maximum absolute atomic E-state index is 12.3. The molecule has 0 aliphatic carbocycles. The van der Waals surface area contributed by atoms with E-state index in [-0.39, 0.29) is 12.5 Å². The summed E-state index contributed by atoms with van der Waals surface area (Å²) in [5.74, 6) is 0.763. The molecule has 1 amide bonds. The van der Waals surface area contributed by atoms with Gasteiger partial charge in [0, 0.05) is 18.0 Å². The number of aromatic nitrogens is 2. The van der Waals surface area contributed by atoms with Crippen LogP contribution in [0.1, 0.15) is 0 Å². The third-order valence-corrected chi connectivity index (χ3v) is 5.25. The summed E-state index contributed by atoms with van der Waals surface area (Å²) in [6, 6.07) is 12.3. The summed E-state index contributed by atoms with van der Waals surface area (Å²) in [5.41, 5.74) is 1.15. The monoisotopic (exact) mass is 354 g/mol. The summed E-state index contributed by atoms with van der Waals surface area (Å²) in [7, 11) is 0. The van der Waals surface area contributed by atoms with Gasteiger partial charge in [-0.15, -0.1) is 11.3 Å². The second-order valence-electron chi connectivity index (χ2n) is 5.76. The Hall–Kier alpha value is -2.51. The Kier molecular flexibility index (Phi) is 4.58. The molecule has 1 aliphatic rings. The predicted molar refractivity (Wildman–Crippen MR) is 98.7 cm³/mol. The first-order chi connectivity index (χ1) is 12.3. The number of thiophene rings is 1. The van der Waals surface area contributed by atoms with Crippen LogP contribution in [0.15, 0.2) is 42.7 Å². The molecule has 2 aromatic heterocycles. The number of carbonyl (C=O) groups is 1. The number of amides is 1. The Morgan fingerprint density at radius 1 is 1.20 bits per heavy atom. The van der Waals surface area contributed by atoms with Crippen molar-refractivity contribution in [2.75, 3.05) is 38.2 Å². The molecule has 1 aromatic carbocycles. The van der Waals surface area contributed by atoms with Crippen molar-refractivity contribution in [3.63, 3.8) is 0 Å². The Bertz CT molecular complexity index is 875. The molecule has 1 N–H and O–H groups in total. The highest BCUT2D eigenvalue weighted by Gasteiger charge is 2.17. The van der Waals surface area contributed by atoms with Crippen LogP contribution in [-0.4, -0.2) is 53.6 Å². The molecule has 3 heterocycles. The molecular weight excluding hydrogens is 336 g/mol. The van der Waals surface area contributed by atoms with Crippen LogP contribution in [-0.2, 0) is 9.53 Å². The van der Waals surface area contributed by atoms with Crippen molar-refractivity contribution in [1.82, 2.24) is 14.9 Å². The third-order valence-electron chi connectivity index (χ3n) is 4.16.